The Morgan fingerprint density at radius 2 is 2.06 bits per heavy atom. The van der Waals surface area contributed by atoms with E-state index >= 15 is 0 Å². The van der Waals surface area contributed by atoms with Gasteiger partial charge in [0.2, 0.25) is 5.91 Å². The predicted octanol–water partition coefficient (Wildman–Crippen LogP) is 0.750. The van der Waals surface area contributed by atoms with Crippen molar-refractivity contribution in [3.05, 3.63) is 0 Å². The van der Waals surface area contributed by atoms with Crippen LogP contribution >= 0.6 is 0 Å². The van der Waals surface area contributed by atoms with Crippen LogP contribution in [0.2, 0.25) is 0 Å². The van der Waals surface area contributed by atoms with Crippen molar-refractivity contribution in [1.82, 2.24) is 4.90 Å². The lowest BCUT2D eigenvalue weighted by Crippen LogP contribution is -2.48. The number of rotatable bonds is 10. The summed E-state index contributed by atoms with van der Waals surface area (Å²) in [5.74, 6) is -0.00829. The van der Waals surface area contributed by atoms with E-state index in [0.29, 0.717) is 19.8 Å². The molecule has 1 amide bonds. The van der Waals surface area contributed by atoms with Gasteiger partial charge in [0.1, 0.15) is 0 Å². The van der Waals surface area contributed by atoms with E-state index in [2.05, 4.69) is 6.92 Å². The Morgan fingerprint density at radius 1 is 1.39 bits per heavy atom. The summed E-state index contributed by atoms with van der Waals surface area (Å²) in [6.07, 6.45) is 2.75. The number of amides is 1. The highest BCUT2D eigenvalue weighted by atomic mass is 16.5. The second-order valence-corrected chi connectivity index (χ2v) is 4.71. The summed E-state index contributed by atoms with van der Waals surface area (Å²) in [5, 5.41) is 8.61. The fourth-order valence-corrected chi connectivity index (χ4v) is 1.71. The lowest BCUT2D eigenvalue weighted by Gasteiger charge is -2.29. The highest BCUT2D eigenvalue weighted by Gasteiger charge is 2.22. The fraction of sp³-hybridized carbons (Fsp3) is 0.923. The van der Waals surface area contributed by atoms with Crippen molar-refractivity contribution in [3.8, 4) is 0 Å². The topological polar surface area (TPSA) is 75.8 Å². The van der Waals surface area contributed by atoms with Crippen molar-refractivity contribution in [1.29, 1.82) is 0 Å². The van der Waals surface area contributed by atoms with Crippen LogP contribution < -0.4 is 5.73 Å². The quantitative estimate of drug-likeness (QED) is 0.568. The third kappa shape index (κ3) is 6.93. The lowest BCUT2D eigenvalue weighted by molar-refractivity contribution is -0.135. The van der Waals surface area contributed by atoms with Gasteiger partial charge in [-0.15, -0.1) is 0 Å². The predicted molar refractivity (Wildman–Crippen MR) is 72.3 cm³/mol. The molecule has 5 heteroatoms. The van der Waals surface area contributed by atoms with E-state index in [1.54, 1.807) is 4.90 Å². The zero-order valence-corrected chi connectivity index (χ0v) is 11.9. The van der Waals surface area contributed by atoms with Gasteiger partial charge in [0.05, 0.1) is 25.9 Å². The van der Waals surface area contributed by atoms with E-state index in [1.165, 1.54) is 0 Å². The van der Waals surface area contributed by atoms with E-state index in [-0.39, 0.29) is 18.6 Å². The summed E-state index contributed by atoms with van der Waals surface area (Å²) in [4.78, 5) is 13.9. The molecule has 0 unspecified atom stereocenters. The number of nitrogens with two attached hydrogens (primary N) is 1. The summed E-state index contributed by atoms with van der Waals surface area (Å²) < 4.78 is 5.19. The maximum atomic E-state index is 12.2. The summed E-state index contributed by atoms with van der Waals surface area (Å²) >= 11 is 0. The normalized spacial score (nSPS) is 12.8. The number of carbonyl (C=O) groups excluding carboxylic acids is 1. The highest BCUT2D eigenvalue weighted by molar-refractivity contribution is 5.81. The van der Waals surface area contributed by atoms with Crippen LogP contribution in [0, 0.1) is 0 Å². The summed E-state index contributed by atoms with van der Waals surface area (Å²) in [6, 6.07) is -0.298. The van der Waals surface area contributed by atoms with Crippen molar-refractivity contribution < 1.29 is 14.6 Å². The van der Waals surface area contributed by atoms with Crippen LogP contribution in [-0.4, -0.2) is 54.4 Å². The molecule has 0 fully saturated rings. The largest absolute Gasteiger partial charge is 0.394 e. The average molecular weight is 260 g/mol. The summed E-state index contributed by atoms with van der Waals surface area (Å²) in [7, 11) is 0. The van der Waals surface area contributed by atoms with E-state index < -0.39 is 6.04 Å². The van der Waals surface area contributed by atoms with Gasteiger partial charge in [0.15, 0.2) is 0 Å². The highest BCUT2D eigenvalue weighted by Crippen LogP contribution is 2.06. The Kier molecular flexibility index (Phi) is 9.92. The second kappa shape index (κ2) is 10.3. The molecule has 0 spiro atoms. The van der Waals surface area contributed by atoms with E-state index in [0.717, 1.165) is 19.3 Å². The number of carbonyl (C=O) groups is 1. The van der Waals surface area contributed by atoms with Crippen LogP contribution in [0.15, 0.2) is 0 Å². The number of hydrogen-bond acceptors (Lipinski definition) is 4. The average Bonchev–Trinajstić information content (AvgIpc) is 2.34. The third-order valence-electron chi connectivity index (χ3n) is 2.80. The van der Waals surface area contributed by atoms with Gasteiger partial charge in [-0.3, -0.25) is 4.79 Å². The Morgan fingerprint density at radius 3 is 2.56 bits per heavy atom. The number of ether oxygens (including phenoxy) is 1. The van der Waals surface area contributed by atoms with Gasteiger partial charge >= 0.3 is 0 Å². The van der Waals surface area contributed by atoms with Gasteiger partial charge in [-0.05, 0) is 20.3 Å². The first kappa shape index (κ1) is 17.4. The maximum Gasteiger partial charge on any atom is 0.239 e. The molecule has 0 aromatic carbocycles. The van der Waals surface area contributed by atoms with Crippen LogP contribution in [0.25, 0.3) is 0 Å². The minimum absolute atomic E-state index is 0.00559. The smallest absolute Gasteiger partial charge is 0.239 e. The molecule has 1 atom stereocenters. The summed E-state index contributed by atoms with van der Waals surface area (Å²) in [5.41, 5.74) is 5.90. The molecule has 18 heavy (non-hydrogen) atoms. The van der Waals surface area contributed by atoms with Gasteiger partial charge in [0.25, 0.3) is 0 Å². The zero-order chi connectivity index (χ0) is 14.0. The number of unbranched alkanes of at least 4 members (excludes halogenated alkanes) is 1. The fourth-order valence-electron chi connectivity index (χ4n) is 1.71. The maximum absolute atomic E-state index is 12.2. The molecule has 0 saturated carbocycles. The monoisotopic (exact) mass is 260 g/mol. The molecule has 0 aliphatic rings. The molecule has 3 N–H and O–H groups in total. The number of aliphatic hydroxyl groups excluding tert-OH is 1. The molecule has 0 rings (SSSR count). The minimum atomic E-state index is -0.412. The molecule has 0 heterocycles. The SMILES string of the molecule is CCCC[C@H](N)C(=O)N(CCOCCO)C(C)C. The molecule has 0 aliphatic carbocycles. The molecule has 0 bridgehead atoms. The van der Waals surface area contributed by atoms with E-state index in [1.807, 2.05) is 13.8 Å². The number of aliphatic hydroxyl groups is 1. The van der Waals surface area contributed by atoms with Crippen molar-refractivity contribution in [2.45, 2.75) is 52.1 Å². The lowest BCUT2D eigenvalue weighted by atomic mass is 10.1. The van der Waals surface area contributed by atoms with E-state index in [9.17, 15) is 4.79 Å². The minimum Gasteiger partial charge on any atom is -0.394 e. The first-order valence-electron chi connectivity index (χ1n) is 6.79. The molecular formula is C13H28N2O3. The van der Waals surface area contributed by atoms with Crippen LogP contribution in [0.5, 0.6) is 0 Å². The van der Waals surface area contributed by atoms with E-state index in [4.69, 9.17) is 15.6 Å². The third-order valence-corrected chi connectivity index (χ3v) is 2.80. The van der Waals surface area contributed by atoms with Crippen molar-refractivity contribution in [2.75, 3.05) is 26.4 Å². The Labute approximate surface area is 110 Å². The molecule has 0 aromatic rings. The molecule has 108 valence electrons. The Balaban J connectivity index is 4.18. The standard InChI is InChI=1S/C13H28N2O3/c1-4-5-6-12(14)13(17)15(11(2)3)7-9-18-10-8-16/h11-12,16H,4-10,14H2,1-3H3/t12-/m0/s1. The number of nitrogens with zero attached hydrogens (tertiary/aromatic N) is 1. The van der Waals surface area contributed by atoms with Crippen LogP contribution in [0.4, 0.5) is 0 Å². The molecule has 0 aliphatic heterocycles. The Bertz CT molecular complexity index is 222. The molecule has 5 nitrogen and oxygen atoms in total. The number of hydrogen-bond donors (Lipinski definition) is 2. The van der Waals surface area contributed by atoms with Gasteiger partial charge in [0, 0.05) is 12.6 Å². The summed E-state index contributed by atoms with van der Waals surface area (Å²) in [6.45, 7) is 7.29. The van der Waals surface area contributed by atoms with Crippen molar-refractivity contribution >= 4 is 5.91 Å². The first-order chi connectivity index (χ1) is 8.54. The van der Waals surface area contributed by atoms with Gasteiger partial charge < -0.3 is 20.5 Å². The molecular weight excluding hydrogens is 232 g/mol. The van der Waals surface area contributed by atoms with Crippen LogP contribution in [-0.2, 0) is 9.53 Å². The second-order valence-electron chi connectivity index (χ2n) is 4.71. The molecule has 0 aromatic heterocycles. The van der Waals surface area contributed by atoms with Gasteiger partial charge in [-0.2, -0.15) is 0 Å². The Hall–Kier alpha value is -0.650. The van der Waals surface area contributed by atoms with Crippen LogP contribution in [0.3, 0.4) is 0 Å². The van der Waals surface area contributed by atoms with Crippen molar-refractivity contribution in [2.24, 2.45) is 5.73 Å². The van der Waals surface area contributed by atoms with Gasteiger partial charge in [-0.25, -0.2) is 0 Å². The molecule has 0 saturated heterocycles. The zero-order valence-electron chi connectivity index (χ0n) is 11.9. The van der Waals surface area contributed by atoms with Crippen molar-refractivity contribution in [3.63, 3.8) is 0 Å². The van der Waals surface area contributed by atoms with Crippen LogP contribution in [0.1, 0.15) is 40.0 Å². The molecule has 0 radical (unpaired) electrons. The first-order valence-corrected chi connectivity index (χ1v) is 6.79. The van der Waals surface area contributed by atoms with Gasteiger partial charge in [-0.1, -0.05) is 19.8 Å².